The zero-order chi connectivity index (χ0) is 10.3. The fourth-order valence-corrected chi connectivity index (χ4v) is 2.42. The molecule has 4 rings (SSSR count). The second-order valence-electron chi connectivity index (χ2n) is 4.21. The Bertz CT molecular complexity index is 397. The van der Waals surface area contributed by atoms with Gasteiger partial charge in [-0.25, -0.2) is 0 Å². The first-order chi connectivity index (χ1) is 7.34. The highest BCUT2D eigenvalue weighted by Crippen LogP contribution is 2.32. The van der Waals surface area contributed by atoms with Gasteiger partial charge in [0.1, 0.15) is 0 Å². The predicted octanol–water partition coefficient (Wildman–Crippen LogP) is 1.92. The van der Waals surface area contributed by atoms with Gasteiger partial charge in [-0.2, -0.15) is 0 Å². The number of carbonyl (C=O) groups excluding carboxylic acids is 1. The standard InChI is InChI=1S/C12H13NO2/c14-12-10-1-4-13(5-2-10)11(12)7-9-3-6-15-8-9/h3,6-8,10H,1-2,4-5H2. The molecule has 0 N–H and O–H groups in total. The first kappa shape index (κ1) is 8.77. The topological polar surface area (TPSA) is 33.5 Å². The van der Waals surface area contributed by atoms with Crippen molar-refractivity contribution in [1.82, 2.24) is 4.90 Å². The molecule has 2 bridgehead atoms. The number of Topliss-reactive ketones (excluding diaryl/α,β-unsaturated/α-hetero) is 1. The summed E-state index contributed by atoms with van der Waals surface area (Å²) in [7, 11) is 0. The minimum Gasteiger partial charge on any atom is -0.472 e. The van der Waals surface area contributed by atoms with Gasteiger partial charge in [-0.15, -0.1) is 0 Å². The quantitative estimate of drug-likeness (QED) is 0.654. The number of furan rings is 1. The van der Waals surface area contributed by atoms with Crippen molar-refractivity contribution in [2.75, 3.05) is 13.1 Å². The van der Waals surface area contributed by atoms with Crippen LogP contribution in [-0.2, 0) is 4.79 Å². The molecule has 0 spiro atoms. The number of allylic oxidation sites excluding steroid dienone is 1. The molecule has 0 amide bonds. The van der Waals surface area contributed by atoms with Gasteiger partial charge < -0.3 is 9.32 Å². The van der Waals surface area contributed by atoms with E-state index < -0.39 is 0 Å². The molecule has 4 heterocycles. The van der Waals surface area contributed by atoms with Crippen LogP contribution >= 0.6 is 0 Å². The summed E-state index contributed by atoms with van der Waals surface area (Å²) in [4.78, 5) is 14.2. The third-order valence-electron chi connectivity index (χ3n) is 3.31. The average Bonchev–Trinajstić information content (AvgIpc) is 2.77. The summed E-state index contributed by atoms with van der Waals surface area (Å²) in [6.45, 7) is 2.06. The lowest BCUT2D eigenvalue weighted by molar-refractivity contribution is -0.125. The van der Waals surface area contributed by atoms with Gasteiger partial charge in [0.05, 0.1) is 18.2 Å². The van der Waals surface area contributed by atoms with Crippen molar-refractivity contribution in [2.24, 2.45) is 5.92 Å². The second kappa shape index (κ2) is 3.26. The van der Waals surface area contributed by atoms with Crippen LogP contribution in [0.4, 0.5) is 0 Å². The largest absolute Gasteiger partial charge is 0.472 e. The Morgan fingerprint density at radius 1 is 1.40 bits per heavy atom. The third-order valence-corrected chi connectivity index (χ3v) is 3.31. The van der Waals surface area contributed by atoms with Crippen LogP contribution in [-0.4, -0.2) is 23.8 Å². The zero-order valence-corrected chi connectivity index (χ0v) is 8.48. The molecule has 3 heteroatoms. The van der Waals surface area contributed by atoms with Gasteiger partial charge >= 0.3 is 0 Å². The van der Waals surface area contributed by atoms with Crippen molar-refractivity contribution in [2.45, 2.75) is 12.8 Å². The second-order valence-corrected chi connectivity index (χ2v) is 4.21. The van der Waals surface area contributed by atoms with E-state index in [0.29, 0.717) is 5.78 Å². The van der Waals surface area contributed by atoms with Crippen molar-refractivity contribution in [1.29, 1.82) is 0 Å². The lowest BCUT2D eigenvalue weighted by atomic mass is 9.84. The van der Waals surface area contributed by atoms with E-state index in [1.807, 2.05) is 12.1 Å². The average molecular weight is 203 g/mol. The molecule has 1 aromatic rings. The Balaban J connectivity index is 1.95. The fraction of sp³-hybridized carbons (Fsp3) is 0.417. The maximum absolute atomic E-state index is 12.0. The van der Waals surface area contributed by atoms with E-state index in [2.05, 4.69) is 4.90 Å². The van der Waals surface area contributed by atoms with Crippen LogP contribution in [0.15, 0.2) is 28.7 Å². The number of rotatable bonds is 1. The molecule has 1 aromatic heterocycles. The Morgan fingerprint density at radius 3 is 2.80 bits per heavy atom. The summed E-state index contributed by atoms with van der Waals surface area (Å²) in [5.74, 6) is 0.585. The van der Waals surface area contributed by atoms with Crippen LogP contribution in [0, 0.1) is 5.92 Å². The smallest absolute Gasteiger partial charge is 0.182 e. The van der Waals surface area contributed by atoms with E-state index in [-0.39, 0.29) is 5.92 Å². The van der Waals surface area contributed by atoms with Crippen LogP contribution in [0.25, 0.3) is 6.08 Å². The number of hydrogen-bond donors (Lipinski definition) is 0. The van der Waals surface area contributed by atoms with Gasteiger partial charge in [0.2, 0.25) is 0 Å². The molecule has 0 aromatic carbocycles. The fourth-order valence-electron chi connectivity index (χ4n) is 2.42. The van der Waals surface area contributed by atoms with Crippen molar-refractivity contribution in [3.05, 3.63) is 29.9 Å². The highest BCUT2D eigenvalue weighted by Gasteiger charge is 2.36. The minimum atomic E-state index is 0.271. The maximum Gasteiger partial charge on any atom is 0.182 e. The maximum atomic E-state index is 12.0. The Kier molecular flexibility index (Phi) is 1.91. The molecule has 3 fully saturated rings. The first-order valence-electron chi connectivity index (χ1n) is 5.37. The van der Waals surface area contributed by atoms with Gasteiger partial charge in [-0.1, -0.05) is 0 Å². The Morgan fingerprint density at radius 2 is 2.20 bits per heavy atom. The van der Waals surface area contributed by atoms with Crippen LogP contribution in [0.1, 0.15) is 18.4 Å². The van der Waals surface area contributed by atoms with Crippen LogP contribution in [0.2, 0.25) is 0 Å². The van der Waals surface area contributed by atoms with Crippen LogP contribution in [0.3, 0.4) is 0 Å². The summed E-state index contributed by atoms with van der Waals surface area (Å²) in [5, 5.41) is 0. The number of ketones is 1. The van der Waals surface area contributed by atoms with Crippen LogP contribution in [0.5, 0.6) is 0 Å². The van der Waals surface area contributed by atoms with E-state index in [4.69, 9.17) is 4.42 Å². The molecule has 15 heavy (non-hydrogen) atoms. The van der Waals surface area contributed by atoms with E-state index in [1.54, 1.807) is 12.5 Å². The molecule has 78 valence electrons. The molecular weight excluding hydrogens is 190 g/mol. The first-order valence-corrected chi connectivity index (χ1v) is 5.37. The molecule has 3 aliphatic rings. The molecule has 0 unspecified atom stereocenters. The van der Waals surface area contributed by atoms with Gasteiger partial charge in [0, 0.05) is 24.6 Å². The van der Waals surface area contributed by atoms with Crippen molar-refractivity contribution in [3.63, 3.8) is 0 Å². The summed E-state index contributed by atoms with van der Waals surface area (Å²) in [5.41, 5.74) is 1.85. The molecular formula is C12H13NO2. The van der Waals surface area contributed by atoms with Gasteiger partial charge in [0.15, 0.2) is 5.78 Å². The molecule has 3 saturated heterocycles. The van der Waals surface area contributed by atoms with Crippen molar-refractivity contribution < 1.29 is 9.21 Å². The number of carbonyl (C=O) groups is 1. The van der Waals surface area contributed by atoms with Gasteiger partial charge in [0.25, 0.3) is 0 Å². The van der Waals surface area contributed by atoms with Gasteiger partial charge in [-0.05, 0) is 25.0 Å². The number of fused-ring (bicyclic) bond motifs is 3. The van der Waals surface area contributed by atoms with E-state index >= 15 is 0 Å². The third kappa shape index (κ3) is 1.39. The lowest BCUT2D eigenvalue weighted by Crippen LogP contribution is -2.45. The Labute approximate surface area is 88.4 Å². The normalized spacial score (nSPS) is 24.1. The lowest BCUT2D eigenvalue weighted by Gasteiger charge is -2.41. The summed E-state index contributed by atoms with van der Waals surface area (Å²) in [6, 6.07) is 1.88. The SMILES string of the molecule is O=C1C(=Cc2ccoc2)N2CCC1CC2. The molecule has 0 atom stereocenters. The number of piperidine rings is 3. The summed E-state index contributed by atoms with van der Waals surface area (Å²) < 4.78 is 5.00. The summed E-state index contributed by atoms with van der Waals surface area (Å²) in [6.07, 6.45) is 7.30. The highest BCUT2D eigenvalue weighted by atomic mass is 16.3. The molecule has 0 saturated carbocycles. The summed E-state index contributed by atoms with van der Waals surface area (Å²) >= 11 is 0. The molecule has 3 nitrogen and oxygen atoms in total. The van der Waals surface area contributed by atoms with E-state index in [1.165, 1.54) is 0 Å². The molecule has 0 aliphatic carbocycles. The highest BCUT2D eigenvalue weighted by molar-refractivity contribution is 6.01. The van der Waals surface area contributed by atoms with Crippen LogP contribution < -0.4 is 0 Å². The minimum absolute atomic E-state index is 0.271. The Hall–Kier alpha value is -1.51. The van der Waals surface area contributed by atoms with E-state index in [9.17, 15) is 4.79 Å². The number of hydrogen-bond acceptors (Lipinski definition) is 3. The van der Waals surface area contributed by atoms with E-state index in [0.717, 1.165) is 37.2 Å². The molecule has 0 radical (unpaired) electrons. The predicted molar refractivity (Wildman–Crippen MR) is 56.0 cm³/mol. The van der Waals surface area contributed by atoms with Gasteiger partial charge in [-0.3, -0.25) is 4.79 Å². The van der Waals surface area contributed by atoms with Crippen molar-refractivity contribution >= 4 is 11.9 Å². The number of nitrogens with zero attached hydrogens (tertiary/aromatic N) is 1. The zero-order valence-electron chi connectivity index (χ0n) is 8.48. The molecule has 3 aliphatic heterocycles. The monoisotopic (exact) mass is 203 g/mol. The van der Waals surface area contributed by atoms with Crippen molar-refractivity contribution in [3.8, 4) is 0 Å².